The molecule has 0 aliphatic heterocycles. The van der Waals surface area contributed by atoms with Crippen molar-refractivity contribution in [3.05, 3.63) is 64.2 Å². The monoisotopic (exact) mass is 311 g/mol. The smallest absolute Gasteiger partial charge is 0.310 e. The molecule has 1 atom stereocenters. The van der Waals surface area contributed by atoms with E-state index < -0.39 is 16.9 Å². The zero-order valence-corrected chi connectivity index (χ0v) is 12.2. The molecule has 0 spiro atoms. The Morgan fingerprint density at radius 2 is 2.04 bits per heavy atom. The second-order valence-electron chi connectivity index (χ2n) is 4.67. The molecule has 0 saturated heterocycles. The highest BCUT2D eigenvalue weighted by Gasteiger charge is 2.20. The van der Waals surface area contributed by atoms with E-state index in [2.05, 4.69) is 5.32 Å². The van der Waals surface area contributed by atoms with Crippen LogP contribution in [0, 0.1) is 21.4 Å². The number of carbonyl (C=O) groups excluding carboxylic acids is 1. The van der Waals surface area contributed by atoms with Gasteiger partial charge >= 0.3 is 5.69 Å². The minimum Gasteiger partial charge on any atom is -0.474 e. The predicted octanol–water partition coefficient (Wildman–Crippen LogP) is 2.87. The Morgan fingerprint density at radius 1 is 1.30 bits per heavy atom. The minimum absolute atomic E-state index is 0.0194. The maximum Gasteiger partial charge on any atom is 0.310 e. The standard InChI is InChI=1S/C16H13N3O4/c1-11(23-15-8-3-2-7-14(15)19(21)22)16(20)18-13-6-4-5-12(9-13)10-17/h2-9,11H,1H3,(H,18,20)/t11-/m1/s1. The second-order valence-corrected chi connectivity index (χ2v) is 4.67. The molecule has 7 nitrogen and oxygen atoms in total. The zero-order chi connectivity index (χ0) is 16.8. The lowest BCUT2D eigenvalue weighted by molar-refractivity contribution is -0.386. The summed E-state index contributed by atoms with van der Waals surface area (Å²) in [5, 5.41) is 22.4. The number of benzene rings is 2. The molecule has 2 aromatic rings. The Hall–Kier alpha value is -3.40. The number of para-hydroxylation sites is 2. The Bertz CT molecular complexity index is 783. The molecule has 0 aliphatic carbocycles. The number of nitriles is 1. The number of carbonyl (C=O) groups is 1. The van der Waals surface area contributed by atoms with Crippen molar-refractivity contribution in [1.82, 2.24) is 0 Å². The number of hydrogen-bond donors (Lipinski definition) is 1. The molecular weight excluding hydrogens is 298 g/mol. The van der Waals surface area contributed by atoms with E-state index in [-0.39, 0.29) is 11.4 Å². The number of rotatable bonds is 5. The van der Waals surface area contributed by atoms with E-state index in [9.17, 15) is 14.9 Å². The molecule has 0 heterocycles. The lowest BCUT2D eigenvalue weighted by atomic mass is 10.2. The van der Waals surface area contributed by atoms with Gasteiger partial charge in [-0.05, 0) is 31.2 Å². The number of hydrogen-bond acceptors (Lipinski definition) is 5. The summed E-state index contributed by atoms with van der Waals surface area (Å²) < 4.78 is 5.38. The van der Waals surface area contributed by atoms with Gasteiger partial charge in [-0.25, -0.2) is 0 Å². The number of ether oxygens (including phenoxy) is 1. The molecule has 0 unspecified atom stereocenters. The van der Waals surface area contributed by atoms with E-state index in [1.807, 2.05) is 6.07 Å². The highest BCUT2D eigenvalue weighted by molar-refractivity contribution is 5.94. The summed E-state index contributed by atoms with van der Waals surface area (Å²) in [6.45, 7) is 1.49. The number of anilines is 1. The van der Waals surface area contributed by atoms with E-state index in [1.54, 1.807) is 24.3 Å². The average molecular weight is 311 g/mol. The predicted molar refractivity (Wildman–Crippen MR) is 83.0 cm³/mol. The van der Waals surface area contributed by atoms with Crippen LogP contribution in [0.4, 0.5) is 11.4 Å². The molecule has 0 bridgehead atoms. The molecule has 0 radical (unpaired) electrons. The normalized spacial score (nSPS) is 11.1. The fraction of sp³-hybridized carbons (Fsp3) is 0.125. The first-order chi connectivity index (χ1) is 11.0. The van der Waals surface area contributed by atoms with Crippen molar-refractivity contribution in [2.24, 2.45) is 0 Å². The van der Waals surface area contributed by atoms with Crippen LogP contribution in [0.2, 0.25) is 0 Å². The van der Waals surface area contributed by atoms with Gasteiger partial charge in [0.05, 0.1) is 16.6 Å². The van der Waals surface area contributed by atoms with E-state index in [1.165, 1.54) is 31.2 Å². The first-order valence-corrected chi connectivity index (χ1v) is 6.72. The maximum atomic E-state index is 12.1. The summed E-state index contributed by atoms with van der Waals surface area (Å²) >= 11 is 0. The van der Waals surface area contributed by atoms with Crippen molar-refractivity contribution in [2.45, 2.75) is 13.0 Å². The van der Waals surface area contributed by atoms with Crippen LogP contribution >= 0.6 is 0 Å². The minimum atomic E-state index is -0.943. The SMILES string of the molecule is C[C@@H](Oc1ccccc1[N+](=O)[O-])C(=O)Nc1cccc(C#N)c1. The van der Waals surface area contributed by atoms with Gasteiger partial charge in [0.25, 0.3) is 5.91 Å². The highest BCUT2D eigenvalue weighted by atomic mass is 16.6. The van der Waals surface area contributed by atoms with Crippen molar-refractivity contribution >= 4 is 17.3 Å². The molecule has 0 fully saturated rings. The van der Waals surface area contributed by atoms with Gasteiger partial charge in [-0.15, -0.1) is 0 Å². The zero-order valence-electron chi connectivity index (χ0n) is 12.2. The van der Waals surface area contributed by atoms with Gasteiger partial charge in [-0.1, -0.05) is 18.2 Å². The fourth-order valence-corrected chi connectivity index (χ4v) is 1.86. The van der Waals surface area contributed by atoms with Crippen molar-refractivity contribution in [1.29, 1.82) is 5.26 Å². The molecular formula is C16H13N3O4. The van der Waals surface area contributed by atoms with Gasteiger partial charge in [0.15, 0.2) is 11.9 Å². The molecule has 2 rings (SSSR count). The van der Waals surface area contributed by atoms with Gasteiger partial charge in [0.2, 0.25) is 0 Å². The number of nitro benzene ring substituents is 1. The van der Waals surface area contributed by atoms with Crippen LogP contribution in [0.3, 0.4) is 0 Å². The summed E-state index contributed by atoms with van der Waals surface area (Å²) in [7, 11) is 0. The first kappa shape index (κ1) is 16.0. The Morgan fingerprint density at radius 3 is 2.74 bits per heavy atom. The van der Waals surface area contributed by atoms with Crippen LogP contribution in [-0.4, -0.2) is 16.9 Å². The third-order valence-corrected chi connectivity index (χ3v) is 2.99. The quantitative estimate of drug-likeness (QED) is 0.675. The molecule has 23 heavy (non-hydrogen) atoms. The molecule has 2 aromatic carbocycles. The second kappa shape index (κ2) is 7.04. The third kappa shape index (κ3) is 4.04. The Balaban J connectivity index is 2.09. The van der Waals surface area contributed by atoms with Crippen LogP contribution in [-0.2, 0) is 4.79 Å². The van der Waals surface area contributed by atoms with E-state index >= 15 is 0 Å². The average Bonchev–Trinajstić information content (AvgIpc) is 2.55. The van der Waals surface area contributed by atoms with Crippen LogP contribution in [0.1, 0.15) is 12.5 Å². The van der Waals surface area contributed by atoms with Crippen LogP contribution in [0.25, 0.3) is 0 Å². The molecule has 0 saturated carbocycles. The molecule has 0 aliphatic rings. The first-order valence-electron chi connectivity index (χ1n) is 6.72. The maximum absolute atomic E-state index is 12.1. The van der Waals surface area contributed by atoms with E-state index in [0.717, 1.165) is 0 Å². The summed E-state index contributed by atoms with van der Waals surface area (Å²) in [4.78, 5) is 22.5. The number of nitrogens with one attached hydrogen (secondary N) is 1. The van der Waals surface area contributed by atoms with E-state index in [4.69, 9.17) is 10.00 Å². The summed E-state index contributed by atoms with van der Waals surface area (Å²) in [6, 6.07) is 14.2. The number of nitrogens with zero attached hydrogens (tertiary/aromatic N) is 2. The Labute approximate surface area is 132 Å². The van der Waals surface area contributed by atoms with Gasteiger partial charge in [0, 0.05) is 11.8 Å². The van der Waals surface area contributed by atoms with Gasteiger partial charge in [-0.3, -0.25) is 14.9 Å². The Kier molecular flexibility index (Phi) is 4.89. The van der Waals surface area contributed by atoms with Gasteiger partial charge in [0.1, 0.15) is 0 Å². The van der Waals surface area contributed by atoms with Crippen molar-refractivity contribution in [3.63, 3.8) is 0 Å². The topological polar surface area (TPSA) is 105 Å². The fourth-order valence-electron chi connectivity index (χ4n) is 1.86. The molecule has 116 valence electrons. The summed E-state index contributed by atoms with van der Waals surface area (Å²) in [6.07, 6.45) is -0.943. The van der Waals surface area contributed by atoms with Crippen molar-refractivity contribution < 1.29 is 14.5 Å². The largest absolute Gasteiger partial charge is 0.474 e. The van der Waals surface area contributed by atoms with Crippen molar-refractivity contribution in [3.8, 4) is 11.8 Å². The number of nitro groups is 1. The molecule has 1 amide bonds. The van der Waals surface area contributed by atoms with Crippen LogP contribution in [0.15, 0.2) is 48.5 Å². The summed E-state index contributed by atoms with van der Waals surface area (Å²) in [5.74, 6) is -0.454. The van der Waals surface area contributed by atoms with Crippen LogP contribution in [0.5, 0.6) is 5.75 Å². The van der Waals surface area contributed by atoms with Gasteiger partial charge in [-0.2, -0.15) is 5.26 Å². The lowest BCUT2D eigenvalue weighted by Gasteiger charge is -2.14. The highest BCUT2D eigenvalue weighted by Crippen LogP contribution is 2.27. The molecule has 7 heteroatoms. The van der Waals surface area contributed by atoms with E-state index in [0.29, 0.717) is 11.3 Å². The third-order valence-electron chi connectivity index (χ3n) is 2.99. The van der Waals surface area contributed by atoms with Crippen molar-refractivity contribution in [2.75, 3.05) is 5.32 Å². The molecule has 0 aromatic heterocycles. The summed E-state index contributed by atoms with van der Waals surface area (Å²) in [5.41, 5.74) is 0.653. The lowest BCUT2D eigenvalue weighted by Crippen LogP contribution is -2.30. The number of amides is 1. The van der Waals surface area contributed by atoms with Gasteiger partial charge < -0.3 is 10.1 Å². The van der Waals surface area contributed by atoms with Crippen LogP contribution < -0.4 is 10.1 Å². The molecule has 1 N–H and O–H groups in total.